The van der Waals surface area contributed by atoms with Crippen LogP contribution in [0.15, 0.2) is 51.7 Å². The standard InChI is InChI=1S/C16H14BrN3O/c1-2-20-14-6-4-3-5-13(14)19-15(16(20)21)11-9-10(17)7-8-12(11)18/h3-9H,2,18H2,1H3. The number of anilines is 1. The molecule has 1 heterocycles. The smallest absolute Gasteiger partial charge is 0.277 e. The summed E-state index contributed by atoms with van der Waals surface area (Å²) in [6.45, 7) is 2.53. The number of nitrogens with two attached hydrogens (primary N) is 1. The van der Waals surface area contributed by atoms with Gasteiger partial charge in [0.2, 0.25) is 0 Å². The van der Waals surface area contributed by atoms with Gasteiger partial charge >= 0.3 is 0 Å². The Hall–Kier alpha value is -2.14. The summed E-state index contributed by atoms with van der Waals surface area (Å²) in [6, 6.07) is 13.1. The first-order valence-electron chi connectivity index (χ1n) is 6.66. The third kappa shape index (κ3) is 2.34. The van der Waals surface area contributed by atoms with Gasteiger partial charge in [-0.1, -0.05) is 28.1 Å². The summed E-state index contributed by atoms with van der Waals surface area (Å²) in [4.78, 5) is 17.2. The van der Waals surface area contributed by atoms with Gasteiger partial charge in [-0.15, -0.1) is 0 Å². The Labute approximate surface area is 130 Å². The van der Waals surface area contributed by atoms with Crippen molar-refractivity contribution in [3.05, 3.63) is 57.3 Å². The summed E-state index contributed by atoms with van der Waals surface area (Å²) < 4.78 is 2.59. The molecule has 4 nitrogen and oxygen atoms in total. The van der Waals surface area contributed by atoms with Gasteiger partial charge in [-0.05, 0) is 37.3 Å². The number of hydrogen-bond donors (Lipinski definition) is 1. The number of nitrogens with zero attached hydrogens (tertiary/aromatic N) is 2. The summed E-state index contributed by atoms with van der Waals surface area (Å²) >= 11 is 3.41. The molecule has 2 aromatic carbocycles. The Morgan fingerprint density at radius 3 is 2.76 bits per heavy atom. The van der Waals surface area contributed by atoms with E-state index in [4.69, 9.17) is 5.73 Å². The highest BCUT2D eigenvalue weighted by Gasteiger charge is 2.14. The molecule has 0 saturated carbocycles. The highest BCUT2D eigenvalue weighted by atomic mass is 79.9. The minimum absolute atomic E-state index is 0.124. The molecule has 0 unspecified atom stereocenters. The highest BCUT2D eigenvalue weighted by molar-refractivity contribution is 9.10. The van der Waals surface area contributed by atoms with Crippen molar-refractivity contribution < 1.29 is 0 Å². The van der Waals surface area contributed by atoms with Gasteiger partial charge in [-0.25, -0.2) is 4.98 Å². The van der Waals surface area contributed by atoms with Gasteiger partial charge in [0.05, 0.1) is 11.0 Å². The molecule has 2 N–H and O–H groups in total. The maximum atomic E-state index is 12.7. The van der Waals surface area contributed by atoms with Crippen LogP contribution in [-0.2, 0) is 6.54 Å². The molecule has 0 atom stereocenters. The second kappa shape index (κ2) is 5.33. The quantitative estimate of drug-likeness (QED) is 0.725. The van der Waals surface area contributed by atoms with Crippen LogP contribution in [0.25, 0.3) is 22.3 Å². The molecule has 0 bridgehead atoms. The molecule has 3 rings (SSSR count). The van der Waals surface area contributed by atoms with E-state index in [0.29, 0.717) is 23.5 Å². The first-order valence-corrected chi connectivity index (χ1v) is 7.46. The molecular formula is C16H14BrN3O. The lowest BCUT2D eigenvalue weighted by Gasteiger charge is -2.11. The number of aromatic nitrogens is 2. The van der Waals surface area contributed by atoms with Gasteiger partial charge in [0.15, 0.2) is 0 Å². The first-order chi connectivity index (χ1) is 10.1. The Kier molecular flexibility index (Phi) is 3.51. The molecule has 0 saturated heterocycles. The molecule has 0 fully saturated rings. The van der Waals surface area contributed by atoms with Crippen LogP contribution in [-0.4, -0.2) is 9.55 Å². The van der Waals surface area contributed by atoms with Crippen molar-refractivity contribution in [3.8, 4) is 11.3 Å². The molecule has 21 heavy (non-hydrogen) atoms. The monoisotopic (exact) mass is 343 g/mol. The van der Waals surface area contributed by atoms with Gasteiger partial charge in [0.1, 0.15) is 5.69 Å². The van der Waals surface area contributed by atoms with E-state index >= 15 is 0 Å². The van der Waals surface area contributed by atoms with Crippen molar-refractivity contribution in [2.24, 2.45) is 0 Å². The molecule has 106 valence electrons. The number of fused-ring (bicyclic) bond motifs is 1. The number of nitrogen functional groups attached to an aromatic ring is 1. The zero-order valence-corrected chi connectivity index (χ0v) is 13.1. The van der Waals surface area contributed by atoms with E-state index in [-0.39, 0.29) is 5.56 Å². The molecule has 1 aromatic heterocycles. The van der Waals surface area contributed by atoms with Gasteiger partial charge in [-0.2, -0.15) is 0 Å². The average molecular weight is 344 g/mol. The third-order valence-electron chi connectivity index (χ3n) is 3.44. The molecule has 0 amide bonds. The second-order valence-corrected chi connectivity index (χ2v) is 5.65. The predicted molar refractivity (Wildman–Crippen MR) is 89.2 cm³/mol. The van der Waals surface area contributed by atoms with Crippen LogP contribution in [0.3, 0.4) is 0 Å². The maximum absolute atomic E-state index is 12.7. The van der Waals surface area contributed by atoms with E-state index in [0.717, 1.165) is 15.5 Å². The lowest BCUT2D eigenvalue weighted by atomic mass is 10.1. The Morgan fingerprint density at radius 2 is 2.00 bits per heavy atom. The van der Waals surface area contributed by atoms with Crippen LogP contribution in [0.5, 0.6) is 0 Å². The maximum Gasteiger partial charge on any atom is 0.277 e. The number of halogens is 1. The van der Waals surface area contributed by atoms with E-state index in [1.807, 2.05) is 43.3 Å². The molecule has 0 aliphatic carbocycles. The van der Waals surface area contributed by atoms with Crippen molar-refractivity contribution in [3.63, 3.8) is 0 Å². The molecule has 0 radical (unpaired) electrons. The van der Waals surface area contributed by atoms with Crippen LogP contribution in [0, 0.1) is 0 Å². The normalized spacial score (nSPS) is 11.0. The summed E-state index contributed by atoms with van der Waals surface area (Å²) in [5.74, 6) is 0. The number of rotatable bonds is 2. The van der Waals surface area contributed by atoms with Crippen LogP contribution >= 0.6 is 15.9 Å². The van der Waals surface area contributed by atoms with Gasteiger partial charge in [0, 0.05) is 22.3 Å². The summed E-state index contributed by atoms with van der Waals surface area (Å²) in [5.41, 5.74) is 9.09. The fraction of sp³-hybridized carbons (Fsp3) is 0.125. The highest BCUT2D eigenvalue weighted by Crippen LogP contribution is 2.26. The van der Waals surface area contributed by atoms with Crippen molar-refractivity contribution in [2.75, 3.05) is 5.73 Å². The Balaban J connectivity index is 2.41. The summed E-state index contributed by atoms with van der Waals surface area (Å²) in [5, 5.41) is 0. The number of aryl methyl sites for hydroxylation is 1. The molecule has 0 aliphatic rings. The van der Waals surface area contributed by atoms with Crippen LogP contribution in [0.1, 0.15) is 6.92 Å². The van der Waals surface area contributed by atoms with E-state index in [1.54, 1.807) is 10.6 Å². The van der Waals surface area contributed by atoms with Gasteiger partial charge < -0.3 is 10.3 Å². The second-order valence-electron chi connectivity index (χ2n) is 4.73. The topological polar surface area (TPSA) is 60.9 Å². The van der Waals surface area contributed by atoms with Crippen LogP contribution in [0.2, 0.25) is 0 Å². The Morgan fingerprint density at radius 1 is 1.24 bits per heavy atom. The number of para-hydroxylation sites is 2. The molecular weight excluding hydrogens is 330 g/mol. The largest absolute Gasteiger partial charge is 0.398 e. The van der Waals surface area contributed by atoms with Gasteiger partial charge in [0.25, 0.3) is 5.56 Å². The Bertz CT molecular complexity index is 886. The van der Waals surface area contributed by atoms with E-state index in [9.17, 15) is 4.79 Å². The molecule has 5 heteroatoms. The SMILES string of the molecule is CCn1c(=O)c(-c2cc(Br)ccc2N)nc2ccccc21. The fourth-order valence-corrected chi connectivity index (χ4v) is 2.78. The lowest BCUT2D eigenvalue weighted by Crippen LogP contribution is -2.23. The van der Waals surface area contributed by atoms with Crippen molar-refractivity contribution in [2.45, 2.75) is 13.5 Å². The molecule has 3 aromatic rings. The average Bonchev–Trinajstić information content (AvgIpc) is 2.49. The first kappa shape index (κ1) is 13.8. The van der Waals surface area contributed by atoms with Crippen molar-refractivity contribution in [1.29, 1.82) is 0 Å². The summed E-state index contributed by atoms with van der Waals surface area (Å²) in [6.07, 6.45) is 0. The fourth-order valence-electron chi connectivity index (χ4n) is 2.42. The van der Waals surface area contributed by atoms with Crippen molar-refractivity contribution >= 4 is 32.7 Å². The van der Waals surface area contributed by atoms with E-state index in [1.165, 1.54) is 0 Å². The molecule has 0 spiro atoms. The van der Waals surface area contributed by atoms with E-state index < -0.39 is 0 Å². The number of benzene rings is 2. The summed E-state index contributed by atoms with van der Waals surface area (Å²) in [7, 11) is 0. The zero-order valence-electron chi connectivity index (χ0n) is 11.5. The van der Waals surface area contributed by atoms with Crippen molar-refractivity contribution in [1.82, 2.24) is 9.55 Å². The van der Waals surface area contributed by atoms with E-state index in [2.05, 4.69) is 20.9 Å². The third-order valence-corrected chi connectivity index (χ3v) is 3.93. The predicted octanol–water partition coefficient (Wildman–Crippen LogP) is 3.43. The van der Waals surface area contributed by atoms with Crippen LogP contribution < -0.4 is 11.3 Å². The molecule has 0 aliphatic heterocycles. The number of hydrogen-bond acceptors (Lipinski definition) is 3. The lowest BCUT2D eigenvalue weighted by molar-refractivity contribution is 0.756. The van der Waals surface area contributed by atoms with Crippen LogP contribution in [0.4, 0.5) is 5.69 Å². The minimum Gasteiger partial charge on any atom is -0.398 e. The minimum atomic E-state index is -0.124. The van der Waals surface area contributed by atoms with Gasteiger partial charge in [-0.3, -0.25) is 4.79 Å². The zero-order chi connectivity index (χ0) is 15.0.